The van der Waals surface area contributed by atoms with E-state index in [1.807, 2.05) is 0 Å². The summed E-state index contributed by atoms with van der Waals surface area (Å²) in [7, 11) is 0. The standard InChI is InChI=1S/C12H21ClN2O2/c1-12(2,8-13)11(17)14-7-3-4-10(16)15-9-5-6-9/h9H,3-8H2,1-2H3,(H,14,17)(H,15,16). The molecule has 4 nitrogen and oxygen atoms in total. The predicted molar refractivity (Wildman–Crippen MR) is 67.9 cm³/mol. The number of rotatable bonds is 7. The van der Waals surface area contributed by atoms with E-state index >= 15 is 0 Å². The fraction of sp³-hybridized carbons (Fsp3) is 0.833. The number of hydrogen-bond donors (Lipinski definition) is 2. The van der Waals surface area contributed by atoms with Crippen LogP contribution in [0.3, 0.4) is 0 Å². The summed E-state index contributed by atoms with van der Waals surface area (Å²) in [6, 6.07) is 0.410. The van der Waals surface area contributed by atoms with Crippen LogP contribution in [-0.2, 0) is 9.59 Å². The summed E-state index contributed by atoms with van der Waals surface area (Å²) >= 11 is 5.69. The molecule has 1 aliphatic rings. The summed E-state index contributed by atoms with van der Waals surface area (Å²) < 4.78 is 0. The van der Waals surface area contributed by atoms with Crippen molar-refractivity contribution in [1.82, 2.24) is 10.6 Å². The maximum atomic E-state index is 11.6. The van der Waals surface area contributed by atoms with Gasteiger partial charge in [0.1, 0.15) is 0 Å². The molecule has 0 spiro atoms. The lowest BCUT2D eigenvalue weighted by Crippen LogP contribution is -2.38. The van der Waals surface area contributed by atoms with Crippen LogP contribution in [0.4, 0.5) is 0 Å². The summed E-state index contributed by atoms with van der Waals surface area (Å²) in [6.07, 6.45) is 3.35. The molecule has 0 saturated heterocycles. The molecule has 0 radical (unpaired) electrons. The Morgan fingerprint density at radius 3 is 2.53 bits per heavy atom. The highest BCUT2D eigenvalue weighted by Crippen LogP contribution is 2.19. The van der Waals surface area contributed by atoms with Crippen LogP contribution in [-0.4, -0.2) is 30.3 Å². The van der Waals surface area contributed by atoms with Gasteiger partial charge in [0.05, 0.1) is 5.41 Å². The van der Waals surface area contributed by atoms with Gasteiger partial charge in [-0.15, -0.1) is 11.6 Å². The van der Waals surface area contributed by atoms with Crippen molar-refractivity contribution >= 4 is 23.4 Å². The third kappa shape index (κ3) is 5.39. The van der Waals surface area contributed by atoms with E-state index in [0.717, 1.165) is 12.8 Å². The van der Waals surface area contributed by atoms with Gasteiger partial charge in [0.25, 0.3) is 0 Å². The highest BCUT2D eigenvalue weighted by molar-refractivity contribution is 6.19. The second-order valence-electron chi connectivity index (χ2n) is 5.22. The Balaban J connectivity index is 2.06. The highest BCUT2D eigenvalue weighted by atomic mass is 35.5. The van der Waals surface area contributed by atoms with Crippen molar-refractivity contribution in [3.8, 4) is 0 Å². The Morgan fingerprint density at radius 1 is 1.35 bits per heavy atom. The van der Waals surface area contributed by atoms with Crippen LogP contribution in [0.25, 0.3) is 0 Å². The topological polar surface area (TPSA) is 58.2 Å². The summed E-state index contributed by atoms with van der Waals surface area (Å²) in [5.74, 6) is 0.314. The molecule has 1 rings (SSSR count). The molecular weight excluding hydrogens is 240 g/mol. The monoisotopic (exact) mass is 260 g/mol. The lowest BCUT2D eigenvalue weighted by molar-refractivity contribution is -0.128. The van der Waals surface area contributed by atoms with Gasteiger partial charge < -0.3 is 10.6 Å². The van der Waals surface area contributed by atoms with Crippen molar-refractivity contribution in [2.24, 2.45) is 5.41 Å². The fourth-order valence-electron chi connectivity index (χ4n) is 1.28. The van der Waals surface area contributed by atoms with Crippen LogP contribution in [0.1, 0.15) is 39.5 Å². The first-order valence-electron chi connectivity index (χ1n) is 6.09. The van der Waals surface area contributed by atoms with E-state index in [-0.39, 0.29) is 11.8 Å². The Labute approximate surface area is 107 Å². The van der Waals surface area contributed by atoms with Crippen LogP contribution < -0.4 is 10.6 Å². The SMILES string of the molecule is CC(C)(CCl)C(=O)NCCCC(=O)NC1CC1. The zero-order valence-corrected chi connectivity index (χ0v) is 11.3. The Kier molecular flexibility index (Phi) is 5.25. The second-order valence-corrected chi connectivity index (χ2v) is 5.49. The maximum absolute atomic E-state index is 11.6. The normalized spacial score (nSPS) is 15.5. The van der Waals surface area contributed by atoms with Gasteiger partial charge in [-0.1, -0.05) is 0 Å². The van der Waals surface area contributed by atoms with E-state index in [1.54, 1.807) is 13.8 Å². The Morgan fingerprint density at radius 2 is 2.00 bits per heavy atom. The molecule has 1 fully saturated rings. The molecular formula is C12H21ClN2O2. The van der Waals surface area contributed by atoms with Crippen molar-refractivity contribution in [2.75, 3.05) is 12.4 Å². The lowest BCUT2D eigenvalue weighted by Gasteiger charge is -2.20. The fourth-order valence-corrected chi connectivity index (χ4v) is 1.40. The lowest BCUT2D eigenvalue weighted by atomic mass is 9.95. The predicted octanol–water partition coefficient (Wildman–Crippen LogP) is 1.43. The molecule has 98 valence electrons. The van der Waals surface area contributed by atoms with Crippen LogP contribution >= 0.6 is 11.6 Å². The van der Waals surface area contributed by atoms with Gasteiger partial charge in [-0.3, -0.25) is 9.59 Å². The van der Waals surface area contributed by atoms with Gasteiger partial charge in [0.15, 0.2) is 0 Å². The van der Waals surface area contributed by atoms with E-state index in [0.29, 0.717) is 31.3 Å². The minimum Gasteiger partial charge on any atom is -0.356 e. The molecule has 0 heterocycles. The molecule has 0 aliphatic heterocycles. The first-order chi connectivity index (χ1) is 7.95. The third-order valence-corrected chi connectivity index (χ3v) is 3.43. The van der Waals surface area contributed by atoms with Crippen molar-refractivity contribution in [3.05, 3.63) is 0 Å². The molecule has 2 amide bonds. The van der Waals surface area contributed by atoms with Gasteiger partial charge >= 0.3 is 0 Å². The highest BCUT2D eigenvalue weighted by Gasteiger charge is 2.26. The zero-order valence-electron chi connectivity index (χ0n) is 10.5. The van der Waals surface area contributed by atoms with Crippen LogP contribution in [0.2, 0.25) is 0 Å². The first-order valence-corrected chi connectivity index (χ1v) is 6.63. The first kappa shape index (κ1) is 14.3. The quantitative estimate of drug-likeness (QED) is 0.537. The van der Waals surface area contributed by atoms with E-state index < -0.39 is 5.41 Å². The average molecular weight is 261 g/mol. The Hall–Kier alpha value is -0.770. The van der Waals surface area contributed by atoms with E-state index in [9.17, 15) is 9.59 Å². The molecule has 17 heavy (non-hydrogen) atoms. The number of alkyl halides is 1. The number of amides is 2. The number of carbonyl (C=O) groups is 2. The van der Waals surface area contributed by atoms with Crippen LogP contribution in [0.15, 0.2) is 0 Å². The zero-order chi connectivity index (χ0) is 12.9. The number of hydrogen-bond acceptors (Lipinski definition) is 2. The molecule has 1 aliphatic carbocycles. The molecule has 0 unspecified atom stereocenters. The molecule has 0 aromatic carbocycles. The average Bonchev–Trinajstić information content (AvgIpc) is 3.07. The van der Waals surface area contributed by atoms with Gasteiger partial charge in [-0.05, 0) is 33.1 Å². The van der Waals surface area contributed by atoms with Gasteiger partial charge in [0.2, 0.25) is 11.8 Å². The van der Waals surface area contributed by atoms with Gasteiger partial charge in [-0.25, -0.2) is 0 Å². The minimum absolute atomic E-state index is 0.0601. The minimum atomic E-state index is -0.544. The number of carbonyl (C=O) groups excluding carboxylic acids is 2. The van der Waals surface area contributed by atoms with Crippen molar-refractivity contribution < 1.29 is 9.59 Å². The molecule has 0 atom stereocenters. The molecule has 2 N–H and O–H groups in total. The largest absolute Gasteiger partial charge is 0.356 e. The maximum Gasteiger partial charge on any atom is 0.226 e. The summed E-state index contributed by atoms with van der Waals surface area (Å²) in [5.41, 5.74) is -0.544. The van der Waals surface area contributed by atoms with Crippen LogP contribution in [0, 0.1) is 5.41 Å². The molecule has 0 bridgehead atoms. The third-order valence-electron chi connectivity index (χ3n) is 2.76. The summed E-state index contributed by atoms with van der Waals surface area (Å²) in [4.78, 5) is 23.0. The molecule has 0 aromatic heterocycles. The summed E-state index contributed by atoms with van der Waals surface area (Å²) in [5, 5.41) is 5.71. The molecule has 5 heteroatoms. The van der Waals surface area contributed by atoms with Crippen molar-refractivity contribution in [2.45, 2.75) is 45.6 Å². The van der Waals surface area contributed by atoms with Crippen molar-refractivity contribution in [1.29, 1.82) is 0 Å². The van der Waals surface area contributed by atoms with Crippen molar-refractivity contribution in [3.63, 3.8) is 0 Å². The molecule has 0 aromatic rings. The summed E-state index contributed by atoms with van der Waals surface area (Å²) in [6.45, 7) is 4.13. The number of halogens is 1. The van der Waals surface area contributed by atoms with E-state index in [2.05, 4.69) is 10.6 Å². The Bertz CT molecular complexity index is 288. The van der Waals surface area contributed by atoms with Crippen LogP contribution in [0.5, 0.6) is 0 Å². The van der Waals surface area contributed by atoms with E-state index in [4.69, 9.17) is 11.6 Å². The van der Waals surface area contributed by atoms with Gasteiger partial charge in [-0.2, -0.15) is 0 Å². The number of nitrogens with one attached hydrogen (secondary N) is 2. The van der Waals surface area contributed by atoms with E-state index in [1.165, 1.54) is 0 Å². The smallest absolute Gasteiger partial charge is 0.226 e. The second kappa shape index (κ2) is 6.24. The molecule has 1 saturated carbocycles. The van der Waals surface area contributed by atoms with Gasteiger partial charge in [0, 0.05) is 24.9 Å².